The quantitative estimate of drug-likeness (QED) is 0.590. The van der Waals surface area contributed by atoms with E-state index in [1.54, 1.807) is 11.8 Å². The molecule has 5 heteroatoms. The molecule has 0 fully saturated rings. The Morgan fingerprint density at radius 2 is 1.96 bits per heavy atom. The molecule has 28 heavy (non-hydrogen) atoms. The van der Waals surface area contributed by atoms with Crippen LogP contribution in [0.15, 0.2) is 52.9 Å². The van der Waals surface area contributed by atoms with Gasteiger partial charge in [-0.05, 0) is 49.1 Å². The molecule has 1 amide bonds. The van der Waals surface area contributed by atoms with Crippen molar-refractivity contribution in [3.05, 3.63) is 71.1 Å². The highest BCUT2D eigenvalue weighted by Gasteiger charge is 2.24. The number of carbonyl (C=O) groups is 1. The molecule has 0 atom stereocenters. The van der Waals surface area contributed by atoms with Gasteiger partial charge in [0.15, 0.2) is 0 Å². The van der Waals surface area contributed by atoms with Crippen molar-refractivity contribution in [3.63, 3.8) is 0 Å². The number of hydrogen-bond donors (Lipinski definition) is 0. The van der Waals surface area contributed by atoms with Crippen molar-refractivity contribution >= 4 is 23.4 Å². The van der Waals surface area contributed by atoms with E-state index in [0.29, 0.717) is 17.4 Å². The lowest BCUT2D eigenvalue weighted by atomic mass is 10.1. The minimum atomic E-state index is 0.159. The summed E-state index contributed by atoms with van der Waals surface area (Å²) < 4.78 is 5.86. The maximum absolute atomic E-state index is 12.6. The van der Waals surface area contributed by atoms with Gasteiger partial charge in [0, 0.05) is 23.5 Å². The Hall–Kier alpha value is -2.53. The van der Waals surface area contributed by atoms with Gasteiger partial charge in [-0.25, -0.2) is 4.98 Å². The first kappa shape index (κ1) is 18.8. The summed E-state index contributed by atoms with van der Waals surface area (Å²) in [5.74, 6) is 2.74. The van der Waals surface area contributed by atoms with Gasteiger partial charge in [0.1, 0.15) is 5.76 Å². The fourth-order valence-corrected chi connectivity index (χ4v) is 4.37. The molecule has 4 nitrogen and oxygen atoms in total. The molecule has 0 bridgehead atoms. The normalized spacial score (nSPS) is 13.0. The highest BCUT2D eigenvalue weighted by atomic mass is 32.2. The third-order valence-corrected chi connectivity index (χ3v) is 6.08. The van der Waals surface area contributed by atoms with Gasteiger partial charge in [0.25, 0.3) is 0 Å². The molecule has 3 aromatic rings. The molecule has 0 radical (unpaired) electrons. The van der Waals surface area contributed by atoms with Gasteiger partial charge >= 0.3 is 0 Å². The van der Waals surface area contributed by atoms with Gasteiger partial charge in [0.05, 0.1) is 11.4 Å². The second kappa shape index (κ2) is 8.23. The van der Waals surface area contributed by atoms with Crippen LogP contribution in [-0.2, 0) is 23.4 Å². The van der Waals surface area contributed by atoms with E-state index >= 15 is 0 Å². The fraction of sp³-hybridized carbons (Fsp3) is 0.304. The average Bonchev–Trinajstić information content (AvgIpc) is 3.32. The summed E-state index contributed by atoms with van der Waals surface area (Å²) in [5, 5.41) is 0. The molecule has 0 spiro atoms. The van der Waals surface area contributed by atoms with Gasteiger partial charge < -0.3 is 9.32 Å². The number of fused-ring (bicyclic) bond motifs is 1. The lowest BCUT2D eigenvalue weighted by molar-refractivity contribution is -0.116. The summed E-state index contributed by atoms with van der Waals surface area (Å²) in [4.78, 5) is 19.2. The number of aryl methyl sites for hydroxylation is 2. The Morgan fingerprint density at radius 3 is 2.75 bits per heavy atom. The second-order valence-corrected chi connectivity index (χ2v) is 7.97. The zero-order valence-corrected chi connectivity index (χ0v) is 17.1. The van der Waals surface area contributed by atoms with Crippen LogP contribution in [0.25, 0.3) is 11.5 Å². The number of hydrogen-bond acceptors (Lipinski definition) is 4. The molecule has 1 aliphatic heterocycles. The SMILES string of the molecule is CCc1ccc(-c2nc(CSCC(=O)N3CCc4ccccc43)c(C)o2)cc1. The third kappa shape index (κ3) is 3.85. The summed E-state index contributed by atoms with van der Waals surface area (Å²) in [6, 6.07) is 16.5. The summed E-state index contributed by atoms with van der Waals surface area (Å²) in [5.41, 5.74) is 5.51. The number of aromatic nitrogens is 1. The Morgan fingerprint density at radius 1 is 1.18 bits per heavy atom. The molecular weight excluding hydrogens is 368 g/mol. The monoisotopic (exact) mass is 392 g/mol. The molecule has 2 aromatic carbocycles. The van der Waals surface area contributed by atoms with Crippen LogP contribution < -0.4 is 4.90 Å². The first-order chi connectivity index (χ1) is 13.7. The predicted molar refractivity (Wildman–Crippen MR) is 115 cm³/mol. The smallest absolute Gasteiger partial charge is 0.237 e. The molecular formula is C23H24N2O2S. The number of benzene rings is 2. The first-order valence-electron chi connectivity index (χ1n) is 9.67. The molecule has 1 aromatic heterocycles. The van der Waals surface area contributed by atoms with Crippen LogP contribution in [0.4, 0.5) is 5.69 Å². The average molecular weight is 393 g/mol. The number of thioether (sulfide) groups is 1. The maximum Gasteiger partial charge on any atom is 0.237 e. The molecule has 4 rings (SSSR count). The lowest BCUT2D eigenvalue weighted by Gasteiger charge is -2.16. The fourth-order valence-electron chi connectivity index (χ4n) is 3.48. The van der Waals surface area contributed by atoms with Crippen LogP contribution in [0.1, 0.15) is 29.5 Å². The predicted octanol–water partition coefficient (Wildman–Crippen LogP) is 5.03. The summed E-state index contributed by atoms with van der Waals surface area (Å²) in [7, 11) is 0. The molecule has 2 heterocycles. The number of para-hydroxylation sites is 1. The van der Waals surface area contributed by atoms with Crippen LogP contribution in [-0.4, -0.2) is 23.2 Å². The number of carbonyl (C=O) groups excluding carboxylic acids is 1. The molecule has 144 valence electrons. The molecule has 0 N–H and O–H groups in total. The maximum atomic E-state index is 12.6. The van der Waals surface area contributed by atoms with E-state index in [1.807, 2.05) is 30.0 Å². The summed E-state index contributed by atoms with van der Waals surface area (Å²) in [6.07, 6.45) is 1.96. The van der Waals surface area contributed by atoms with Gasteiger partial charge in [-0.15, -0.1) is 11.8 Å². The van der Waals surface area contributed by atoms with Crippen molar-refractivity contribution in [1.82, 2.24) is 4.98 Å². The zero-order valence-electron chi connectivity index (χ0n) is 16.3. The number of anilines is 1. The first-order valence-corrected chi connectivity index (χ1v) is 10.8. The van der Waals surface area contributed by atoms with E-state index in [-0.39, 0.29) is 5.91 Å². The van der Waals surface area contributed by atoms with E-state index in [2.05, 4.69) is 42.2 Å². The molecule has 0 unspecified atom stereocenters. The number of rotatable bonds is 6. The molecule has 1 aliphatic rings. The van der Waals surface area contributed by atoms with Crippen LogP contribution >= 0.6 is 11.8 Å². The van der Waals surface area contributed by atoms with Crippen molar-refractivity contribution in [2.75, 3.05) is 17.2 Å². The van der Waals surface area contributed by atoms with Crippen LogP contribution in [0.5, 0.6) is 0 Å². The van der Waals surface area contributed by atoms with E-state index in [4.69, 9.17) is 4.42 Å². The Kier molecular flexibility index (Phi) is 5.53. The van der Waals surface area contributed by atoms with Crippen molar-refractivity contribution in [2.45, 2.75) is 32.4 Å². The number of amides is 1. The van der Waals surface area contributed by atoms with Crippen molar-refractivity contribution in [1.29, 1.82) is 0 Å². The zero-order chi connectivity index (χ0) is 19.5. The minimum absolute atomic E-state index is 0.159. The topological polar surface area (TPSA) is 46.3 Å². The van der Waals surface area contributed by atoms with Gasteiger partial charge in [-0.2, -0.15) is 0 Å². The van der Waals surface area contributed by atoms with Crippen molar-refractivity contribution in [3.8, 4) is 11.5 Å². The standard InChI is InChI=1S/C23H24N2O2S/c1-3-17-8-10-19(11-9-17)23-24-20(16(2)27-23)14-28-15-22(26)25-13-12-18-6-4-5-7-21(18)25/h4-11H,3,12-15H2,1-2H3. The lowest BCUT2D eigenvalue weighted by Crippen LogP contribution is -2.30. The molecule has 0 saturated heterocycles. The third-order valence-electron chi connectivity index (χ3n) is 5.15. The minimum Gasteiger partial charge on any atom is -0.441 e. The highest BCUT2D eigenvalue weighted by Crippen LogP contribution is 2.29. The van der Waals surface area contributed by atoms with E-state index in [1.165, 1.54) is 11.1 Å². The second-order valence-electron chi connectivity index (χ2n) is 6.99. The Labute approximate surface area is 170 Å². The number of nitrogens with zero attached hydrogens (tertiary/aromatic N) is 2. The Bertz CT molecular complexity index is 979. The Balaban J connectivity index is 1.36. The van der Waals surface area contributed by atoms with Gasteiger partial charge in [-0.1, -0.05) is 37.3 Å². The highest BCUT2D eigenvalue weighted by molar-refractivity contribution is 7.99. The van der Waals surface area contributed by atoms with Crippen LogP contribution in [0, 0.1) is 6.92 Å². The number of oxazole rings is 1. The molecule has 0 saturated carbocycles. The molecule has 0 aliphatic carbocycles. The van der Waals surface area contributed by atoms with Crippen molar-refractivity contribution in [2.24, 2.45) is 0 Å². The van der Waals surface area contributed by atoms with Crippen LogP contribution in [0.3, 0.4) is 0 Å². The van der Waals surface area contributed by atoms with Crippen molar-refractivity contribution < 1.29 is 9.21 Å². The summed E-state index contributed by atoms with van der Waals surface area (Å²) in [6.45, 7) is 4.85. The van der Waals surface area contributed by atoms with E-state index in [0.717, 1.165) is 42.1 Å². The van der Waals surface area contributed by atoms with Crippen LogP contribution in [0.2, 0.25) is 0 Å². The van der Waals surface area contributed by atoms with Gasteiger partial charge in [-0.3, -0.25) is 4.79 Å². The van der Waals surface area contributed by atoms with E-state index < -0.39 is 0 Å². The largest absolute Gasteiger partial charge is 0.441 e. The van der Waals surface area contributed by atoms with Gasteiger partial charge in [0.2, 0.25) is 11.8 Å². The summed E-state index contributed by atoms with van der Waals surface area (Å²) >= 11 is 1.59. The van der Waals surface area contributed by atoms with E-state index in [9.17, 15) is 4.79 Å².